The number of benzene rings is 1. The van der Waals surface area contributed by atoms with Crippen molar-refractivity contribution in [3.05, 3.63) is 46.0 Å². The van der Waals surface area contributed by atoms with Gasteiger partial charge in [0.15, 0.2) is 0 Å². The number of nitrogens with zero attached hydrogens (tertiary/aromatic N) is 2. The van der Waals surface area contributed by atoms with Gasteiger partial charge < -0.3 is 9.80 Å². The lowest BCUT2D eigenvalue weighted by atomic mass is 9.94. The minimum absolute atomic E-state index is 0.0318. The van der Waals surface area contributed by atoms with Crippen molar-refractivity contribution >= 4 is 23.4 Å². The van der Waals surface area contributed by atoms with E-state index in [-0.39, 0.29) is 23.8 Å². The average Bonchev–Trinajstić information content (AvgIpc) is 2.86. The normalized spacial score (nSPS) is 22.8. The Labute approximate surface area is 154 Å². The van der Waals surface area contributed by atoms with Gasteiger partial charge in [0, 0.05) is 36.3 Å². The summed E-state index contributed by atoms with van der Waals surface area (Å²) in [7, 11) is 0. The zero-order chi connectivity index (χ0) is 18.1. The highest BCUT2D eigenvalue weighted by atomic mass is 35.5. The highest BCUT2D eigenvalue weighted by Gasteiger charge is 2.41. The Morgan fingerprint density at radius 3 is 2.72 bits per heavy atom. The van der Waals surface area contributed by atoms with Crippen LogP contribution in [0.4, 0.5) is 0 Å². The summed E-state index contributed by atoms with van der Waals surface area (Å²) in [5, 5.41) is 0.602. The van der Waals surface area contributed by atoms with Crippen LogP contribution in [0.3, 0.4) is 0 Å². The number of carbonyl (C=O) groups is 2. The fraction of sp³-hybridized carbons (Fsp3) is 0.500. The standard InChI is InChI=1S/C20H25ClN2O2/c1-13(2)8-9-23-17-7-6-16(20(23)25)11-22(12-17)19(24)15-5-4-14(3)18(21)10-15/h4-5,8,10,16-17H,6-7,9,11-12H2,1-3H3. The second-order valence-corrected chi connectivity index (χ2v) is 7.78. The molecule has 1 aromatic carbocycles. The van der Waals surface area contributed by atoms with Crippen LogP contribution >= 0.6 is 11.6 Å². The molecular weight excluding hydrogens is 336 g/mol. The van der Waals surface area contributed by atoms with E-state index in [0.717, 1.165) is 18.4 Å². The maximum absolute atomic E-state index is 12.9. The molecule has 25 heavy (non-hydrogen) atoms. The van der Waals surface area contributed by atoms with E-state index in [1.54, 1.807) is 6.07 Å². The number of amides is 2. The number of piperidine rings is 1. The predicted molar refractivity (Wildman–Crippen MR) is 99.7 cm³/mol. The fourth-order valence-electron chi connectivity index (χ4n) is 3.64. The second kappa shape index (κ2) is 7.20. The molecule has 0 saturated carbocycles. The SMILES string of the molecule is CC(C)=CCN1C(=O)C2CCC1CN(C(=O)c1ccc(C)c(Cl)c1)C2. The van der Waals surface area contributed by atoms with Crippen LogP contribution in [0.5, 0.6) is 0 Å². The molecule has 3 saturated heterocycles. The summed E-state index contributed by atoms with van der Waals surface area (Å²) in [6, 6.07) is 5.52. The minimum atomic E-state index is -0.0887. The summed E-state index contributed by atoms with van der Waals surface area (Å²) in [6.07, 6.45) is 3.92. The van der Waals surface area contributed by atoms with E-state index in [4.69, 9.17) is 11.6 Å². The van der Waals surface area contributed by atoms with Gasteiger partial charge in [0.2, 0.25) is 5.91 Å². The summed E-state index contributed by atoms with van der Waals surface area (Å²) < 4.78 is 0. The summed E-state index contributed by atoms with van der Waals surface area (Å²) >= 11 is 6.18. The van der Waals surface area contributed by atoms with Crippen molar-refractivity contribution in [2.45, 2.75) is 39.7 Å². The van der Waals surface area contributed by atoms with Crippen molar-refractivity contribution in [2.24, 2.45) is 5.92 Å². The smallest absolute Gasteiger partial charge is 0.253 e. The maximum Gasteiger partial charge on any atom is 0.253 e. The molecule has 5 heteroatoms. The van der Waals surface area contributed by atoms with E-state index in [2.05, 4.69) is 6.08 Å². The molecule has 1 aromatic rings. The third-order valence-corrected chi connectivity index (χ3v) is 5.60. The van der Waals surface area contributed by atoms with E-state index in [1.807, 2.05) is 42.7 Å². The summed E-state index contributed by atoms with van der Waals surface area (Å²) in [4.78, 5) is 29.5. The molecule has 0 aromatic heterocycles. The summed E-state index contributed by atoms with van der Waals surface area (Å²) in [5.74, 6) is 0.0656. The van der Waals surface area contributed by atoms with Gasteiger partial charge in [0.25, 0.3) is 5.91 Å². The number of fused-ring (bicyclic) bond motifs is 4. The number of allylic oxidation sites excluding steroid dienone is 1. The first-order chi connectivity index (χ1) is 11.9. The van der Waals surface area contributed by atoms with E-state index in [0.29, 0.717) is 30.2 Å². The first-order valence-corrected chi connectivity index (χ1v) is 9.24. The quantitative estimate of drug-likeness (QED) is 0.771. The summed E-state index contributed by atoms with van der Waals surface area (Å²) in [5.41, 5.74) is 2.76. The molecule has 4 nitrogen and oxygen atoms in total. The number of aryl methyl sites for hydroxylation is 1. The molecule has 3 aliphatic rings. The van der Waals surface area contributed by atoms with Crippen LogP contribution in [0, 0.1) is 12.8 Å². The molecule has 0 N–H and O–H groups in total. The Kier molecular flexibility index (Phi) is 5.19. The number of halogens is 1. The first kappa shape index (κ1) is 18.0. The minimum Gasteiger partial charge on any atom is -0.336 e. The van der Waals surface area contributed by atoms with Gasteiger partial charge in [-0.25, -0.2) is 0 Å². The van der Waals surface area contributed by atoms with Crippen molar-refractivity contribution in [2.75, 3.05) is 19.6 Å². The lowest BCUT2D eigenvalue weighted by Crippen LogP contribution is -2.48. The van der Waals surface area contributed by atoms with E-state index < -0.39 is 0 Å². The van der Waals surface area contributed by atoms with Gasteiger partial charge in [-0.2, -0.15) is 0 Å². The van der Waals surface area contributed by atoms with Gasteiger partial charge in [0.1, 0.15) is 0 Å². The van der Waals surface area contributed by atoms with Crippen molar-refractivity contribution in [1.82, 2.24) is 9.80 Å². The Bertz CT molecular complexity index is 724. The molecule has 0 aliphatic carbocycles. The molecule has 2 unspecified atom stereocenters. The zero-order valence-corrected chi connectivity index (χ0v) is 15.8. The molecule has 4 rings (SSSR count). The average molecular weight is 361 g/mol. The monoisotopic (exact) mass is 360 g/mol. The molecule has 0 radical (unpaired) electrons. The maximum atomic E-state index is 12.9. The van der Waals surface area contributed by atoms with Gasteiger partial charge in [-0.15, -0.1) is 0 Å². The van der Waals surface area contributed by atoms with Crippen LogP contribution in [-0.4, -0.2) is 47.3 Å². The Balaban J connectivity index is 1.81. The van der Waals surface area contributed by atoms with Crippen LogP contribution in [-0.2, 0) is 4.79 Å². The Morgan fingerprint density at radius 2 is 2.04 bits per heavy atom. The Hall–Kier alpha value is -1.81. The third kappa shape index (κ3) is 3.74. The van der Waals surface area contributed by atoms with Crippen molar-refractivity contribution in [3.63, 3.8) is 0 Å². The number of hydrogen-bond acceptors (Lipinski definition) is 2. The lowest BCUT2D eigenvalue weighted by molar-refractivity contribution is -0.139. The molecule has 2 amide bonds. The van der Waals surface area contributed by atoms with Crippen LogP contribution in [0.15, 0.2) is 29.8 Å². The highest BCUT2D eigenvalue weighted by molar-refractivity contribution is 6.31. The lowest BCUT2D eigenvalue weighted by Gasteiger charge is -2.35. The molecule has 2 bridgehead atoms. The van der Waals surface area contributed by atoms with Crippen LogP contribution in [0.1, 0.15) is 42.6 Å². The zero-order valence-electron chi connectivity index (χ0n) is 15.1. The van der Waals surface area contributed by atoms with E-state index in [1.165, 1.54) is 5.57 Å². The van der Waals surface area contributed by atoms with Crippen LogP contribution in [0.25, 0.3) is 0 Å². The fourth-order valence-corrected chi connectivity index (χ4v) is 3.82. The first-order valence-electron chi connectivity index (χ1n) is 8.86. The summed E-state index contributed by atoms with van der Waals surface area (Å²) in [6.45, 7) is 7.74. The predicted octanol–water partition coefficient (Wildman–Crippen LogP) is 3.68. The largest absolute Gasteiger partial charge is 0.336 e. The third-order valence-electron chi connectivity index (χ3n) is 5.20. The number of rotatable bonds is 3. The molecule has 134 valence electrons. The number of carbonyl (C=O) groups excluding carboxylic acids is 2. The van der Waals surface area contributed by atoms with Crippen molar-refractivity contribution < 1.29 is 9.59 Å². The van der Waals surface area contributed by atoms with E-state index >= 15 is 0 Å². The highest BCUT2D eigenvalue weighted by Crippen LogP contribution is 2.30. The van der Waals surface area contributed by atoms with Crippen LogP contribution < -0.4 is 0 Å². The van der Waals surface area contributed by atoms with Gasteiger partial charge in [-0.05, 0) is 51.3 Å². The molecule has 0 spiro atoms. The molecule has 2 atom stereocenters. The van der Waals surface area contributed by atoms with Gasteiger partial charge >= 0.3 is 0 Å². The van der Waals surface area contributed by atoms with Crippen molar-refractivity contribution in [1.29, 1.82) is 0 Å². The molecular formula is C20H25ClN2O2. The van der Waals surface area contributed by atoms with Crippen LogP contribution in [0.2, 0.25) is 5.02 Å². The number of hydrogen-bond donors (Lipinski definition) is 0. The van der Waals surface area contributed by atoms with E-state index in [9.17, 15) is 9.59 Å². The second-order valence-electron chi connectivity index (χ2n) is 7.37. The van der Waals surface area contributed by atoms with Crippen molar-refractivity contribution in [3.8, 4) is 0 Å². The van der Waals surface area contributed by atoms with Gasteiger partial charge in [-0.1, -0.05) is 29.3 Å². The molecule has 3 fully saturated rings. The Morgan fingerprint density at radius 1 is 1.28 bits per heavy atom. The van der Waals surface area contributed by atoms with Gasteiger partial charge in [-0.3, -0.25) is 9.59 Å². The van der Waals surface area contributed by atoms with Gasteiger partial charge in [0.05, 0.1) is 5.92 Å². The molecule has 3 aliphatic heterocycles. The topological polar surface area (TPSA) is 40.6 Å². The molecule has 3 heterocycles.